The maximum atomic E-state index is 10.4. The van der Waals surface area contributed by atoms with Crippen molar-refractivity contribution < 1.29 is 9.52 Å². The molecule has 0 saturated heterocycles. The van der Waals surface area contributed by atoms with Crippen molar-refractivity contribution in [3.8, 4) is 0 Å². The van der Waals surface area contributed by atoms with Gasteiger partial charge in [-0.05, 0) is 44.9 Å². The minimum absolute atomic E-state index is 0.521. The number of hydrogen-bond donors (Lipinski definition) is 1. The average Bonchev–Trinajstić information content (AvgIpc) is 2.56. The number of aromatic nitrogens is 1. The first kappa shape index (κ1) is 12.8. The van der Waals surface area contributed by atoms with E-state index in [0.717, 1.165) is 33.9 Å². The fourth-order valence-electron chi connectivity index (χ4n) is 2.32. The van der Waals surface area contributed by atoms with Gasteiger partial charge in [0, 0.05) is 23.9 Å². The molecule has 0 radical (unpaired) electrons. The zero-order valence-electron chi connectivity index (χ0n) is 11.3. The molecule has 2 aromatic rings. The molecule has 1 atom stereocenters. The van der Waals surface area contributed by atoms with E-state index in [2.05, 4.69) is 4.98 Å². The van der Waals surface area contributed by atoms with Gasteiger partial charge < -0.3 is 9.52 Å². The van der Waals surface area contributed by atoms with Crippen molar-refractivity contribution in [1.82, 2.24) is 4.98 Å². The number of aliphatic hydroxyl groups is 1. The van der Waals surface area contributed by atoms with Crippen molar-refractivity contribution in [3.05, 3.63) is 52.2 Å². The molecule has 2 heterocycles. The Balaban J connectivity index is 2.28. The lowest BCUT2D eigenvalue weighted by Crippen LogP contribution is -2.06. The van der Waals surface area contributed by atoms with Crippen LogP contribution in [0.5, 0.6) is 0 Å². The van der Waals surface area contributed by atoms with Gasteiger partial charge in [-0.15, -0.1) is 0 Å². The second-order valence-corrected chi connectivity index (χ2v) is 4.74. The van der Waals surface area contributed by atoms with Crippen LogP contribution >= 0.6 is 0 Å². The van der Waals surface area contributed by atoms with Crippen LogP contribution in [0.25, 0.3) is 0 Å². The highest BCUT2D eigenvalue weighted by molar-refractivity contribution is 5.34. The number of rotatable bonds is 3. The van der Waals surface area contributed by atoms with Crippen LogP contribution in [0.3, 0.4) is 0 Å². The van der Waals surface area contributed by atoms with Crippen molar-refractivity contribution in [2.24, 2.45) is 0 Å². The summed E-state index contributed by atoms with van der Waals surface area (Å²) in [5, 5.41) is 10.4. The standard InChI is InChI=1S/C15H19NO2/c1-9-6-5-7-16-13(9)8-14(17)15-10(2)11(3)18-12(15)4/h5-7,14,17H,8H2,1-4H3. The van der Waals surface area contributed by atoms with E-state index >= 15 is 0 Å². The Kier molecular flexibility index (Phi) is 3.53. The summed E-state index contributed by atoms with van der Waals surface area (Å²) in [6.07, 6.45) is 1.72. The summed E-state index contributed by atoms with van der Waals surface area (Å²) in [5.74, 6) is 1.67. The van der Waals surface area contributed by atoms with Gasteiger partial charge in [-0.2, -0.15) is 0 Å². The smallest absolute Gasteiger partial charge is 0.107 e. The normalized spacial score (nSPS) is 12.7. The van der Waals surface area contributed by atoms with Gasteiger partial charge in [0.25, 0.3) is 0 Å². The molecule has 1 unspecified atom stereocenters. The first-order chi connectivity index (χ1) is 8.50. The van der Waals surface area contributed by atoms with Gasteiger partial charge in [-0.1, -0.05) is 6.07 Å². The maximum absolute atomic E-state index is 10.4. The van der Waals surface area contributed by atoms with E-state index in [0.29, 0.717) is 6.42 Å². The molecule has 0 aliphatic rings. The topological polar surface area (TPSA) is 46.3 Å². The van der Waals surface area contributed by atoms with E-state index in [1.807, 2.05) is 39.8 Å². The second-order valence-electron chi connectivity index (χ2n) is 4.74. The molecule has 0 aromatic carbocycles. The lowest BCUT2D eigenvalue weighted by molar-refractivity contribution is 0.174. The summed E-state index contributed by atoms with van der Waals surface area (Å²) >= 11 is 0. The minimum Gasteiger partial charge on any atom is -0.466 e. The molecule has 18 heavy (non-hydrogen) atoms. The number of furan rings is 1. The van der Waals surface area contributed by atoms with Crippen LogP contribution in [-0.2, 0) is 6.42 Å². The molecule has 2 rings (SSSR count). The fraction of sp³-hybridized carbons (Fsp3) is 0.400. The zero-order valence-corrected chi connectivity index (χ0v) is 11.3. The first-order valence-corrected chi connectivity index (χ1v) is 6.15. The third-order valence-corrected chi connectivity index (χ3v) is 3.46. The molecule has 0 spiro atoms. The Hall–Kier alpha value is -1.61. The van der Waals surface area contributed by atoms with E-state index in [-0.39, 0.29) is 0 Å². The number of nitrogens with zero attached hydrogens (tertiary/aromatic N) is 1. The molecular formula is C15H19NO2. The Labute approximate surface area is 107 Å². The first-order valence-electron chi connectivity index (χ1n) is 6.15. The van der Waals surface area contributed by atoms with Crippen LogP contribution in [0, 0.1) is 27.7 Å². The molecule has 0 bridgehead atoms. The number of hydrogen-bond acceptors (Lipinski definition) is 3. The van der Waals surface area contributed by atoms with Crippen LogP contribution in [0.1, 0.15) is 40.0 Å². The van der Waals surface area contributed by atoms with Crippen molar-refractivity contribution in [1.29, 1.82) is 0 Å². The van der Waals surface area contributed by atoms with Gasteiger partial charge in [-0.3, -0.25) is 4.98 Å². The summed E-state index contributed by atoms with van der Waals surface area (Å²) in [4.78, 5) is 4.32. The van der Waals surface area contributed by atoms with Gasteiger partial charge in [0.1, 0.15) is 11.5 Å². The van der Waals surface area contributed by atoms with E-state index < -0.39 is 6.10 Å². The summed E-state index contributed by atoms with van der Waals surface area (Å²) in [5.41, 5.74) is 3.97. The summed E-state index contributed by atoms with van der Waals surface area (Å²) < 4.78 is 5.55. The van der Waals surface area contributed by atoms with Crippen LogP contribution in [0.4, 0.5) is 0 Å². The van der Waals surface area contributed by atoms with Crippen molar-refractivity contribution in [2.45, 2.75) is 40.2 Å². The van der Waals surface area contributed by atoms with Gasteiger partial charge in [0.15, 0.2) is 0 Å². The molecule has 0 saturated carbocycles. The highest BCUT2D eigenvalue weighted by atomic mass is 16.3. The largest absolute Gasteiger partial charge is 0.466 e. The van der Waals surface area contributed by atoms with Gasteiger partial charge in [0.2, 0.25) is 0 Å². The lowest BCUT2D eigenvalue weighted by atomic mass is 9.99. The Morgan fingerprint density at radius 3 is 2.50 bits per heavy atom. The van der Waals surface area contributed by atoms with Crippen LogP contribution in [-0.4, -0.2) is 10.1 Å². The molecule has 0 aliphatic carbocycles. The third-order valence-electron chi connectivity index (χ3n) is 3.46. The fourth-order valence-corrected chi connectivity index (χ4v) is 2.32. The highest BCUT2D eigenvalue weighted by Gasteiger charge is 2.20. The van der Waals surface area contributed by atoms with Crippen LogP contribution < -0.4 is 0 Å². The van der Waals surface area contributed by atoms with E-state index in [9.17, 15) is 5.11 Å². The Bertz CT molecular complexity index is 558. The maximum Gasteiger partial charge on any atom is 0.107 e. The number of pyridine rings is 1. The molecule has 0 fully saturated rings. The molecule has 1 N–H and O–H groups in total. The number of aliphatic hydroxyl groups excluding tert-OH is 1. The summed E-state index contributed by atoms with van der Waals surface area (Å²) in [6.45, 7) is 7.81. The molecular weight excluding hydrogens is 226 g/mol. The second kappa shape index (κ2) is 4.94. The van der Waals surface area contributed by atoms with Crippen molar-refractivity contribution in [3.63, 3.8) is 0 Å². The van der Waals surface area contributed by atoms with Crippen molar-refractivity contribution in [2.75, 3.05) is 0 Å². The quantitative estimate of drug-likeness (QED) is 0.903. The minimum atomic E-state index is -0.559. The predicted molar refractivity (Wildman–Crippen MR) is 70.6 cm³/mol. The van der Waals surface area contributed by atoms with Gasteiger partial charge in [-0.25, -0.2) is 0 Å². The highest BCUT2D eigenvalue weighted by Crippen LogP contribution is 2.29. The number of aryl methyl sites for hydroxylation is 3. The third kappa shape index (κ3) is 2.31. The Morgan fingerprint density at radius 2 is 1.94 bits per heavy atom. The van der Waals surface area contributed by atoms with Gasteiger partial charge >= 0.3 is 0 Å². The van der Waals surface area contributed by atoms with Crippen LogP contribution in [0.15, 0.2) is 22.7 Å². The summed E-state index contributed by atoms with van der Waals surface area (Å²) in [6, 6.07) is 3.92. The zero-order chi connectivity index (χ0) is 13.3. The SMILES string of the molecule is Cc1cccnc1CC(O)c1c(C)oc(C)c1C. The molecule has 2 aromatic heterocycles. The monoisotopic (exact) mass is 245 g/mol. The average molecular weight is 245 g/mol. The molecule has 3 nitrogen and oxygen atoms in total. The predicted octanol–water partition coefficient (Wildman–Crippen LogP) is 3.18. The lowest BCUT2D eigenvalue weighted by Gasteiger charge is -2.12. The molecule has 0 amide bonds. The molecule has 0 aliphatic heterocycles. The van der Waals surface area contributed by atoms with E-state index in [4.69, 9.17) is 4.42 Å². The van der Waals surface area contributed by atoms with E-state index in [1.165, 1.54) is 0 Å². The molecule has 96 valence electrons. The van der Waals surface area contributed by atoms with Crippen molar-refractivity contribution >= 4 is 0 Å². The van der Waals surface area contributed by atoms with Crippen LogP contribution in [0.2, 0.25) is 0 Å². The van der Waals surface area contributed by atoms with Gasteiger partial charge in [0.05, 0.1) is 6.10 Å². The molecule has 3 heteroatoms. The van der Waals surface area contributed by atoms with E-state index in [1.54, 1.807) is 6.20 Å². The summed E-state index contributed by atoms with van der Waals surface area (Å²) in [7, 11) is 0. The Morgan fingerprint density at radius 1 is 1.22 bits per heavy atom.